The molecule has 18 heavy (non-hydrogen) atoms. The first-order valence-electron chi connectivity index (χ1n) is 6.10. The minimum absolute atomic E-state index is 0.146. The number of para-hydroxylation sites is 2. The lowest BCUT2D eigenvalue weighted by Gasteiger charge is -2.22. The van der Waals surface area contributed by atoms with Crippen molar-refractivity contribution >= 4 is 30.7 Å². The smallest absolute Gasteiger partial charge is 0.124 e. The van der Waals surface area contributed by atoms with Gasteiger partial charge in [0, 0.05) is 5.00 Å². The molecule has 1 atom stereocenters. The van der Waals surface area contributed by atoms with E-state index in [0.717, 1.165) is 11.0 Å². The Morgan fingerprint density at radius 1 is 1.33 bits per heavy atom. The number of halogens is 1. The summed E-state index contributed by atoms with van der Waals surface area (Å²) in [4.78, 5) is 4.32. The van der Waals surface area contributed by atoms with Crippen molar-refractivity contribution in [3.8, 4) is 0 Å². The molecule has 0 aliphatic rings. The van der Waals surface area contributed by atoms with Gasteiger partial charge in [-0.2, -0.15) is 0 Å². The van der Waals surface area contributed by atoms with Gasteiger partial charge >= 0.3 is 0 Å². The topological polar surface area (TPSA) is 27.1 Å². The van der Waals surface area contributed by atoms with E-state index >= 15 is 0 Å². The summed E-state index contributed by atoms with van der Waals surface area (Å²) in [6.07, 6.45) is 1.81. The summed E-state index contributed by atoms with van der Waals surface area (Å²) in [6, 6.07) is 8.04. The fraction of sp³-hybridized carbons (Fsp3) is 0.462. The number of hydrogen-bond donors (Lipinski definition) is 0. The highest BCUT2D eigenvalue weighted by atomic mass is 35.5. The highest BCUT2D eigenvalue weighted by Gasteiger charge is 2.24. The molecule has 1 aromatic carbocycles. The number of alkyl halides is 1. The van der Waals surface area contributed by atoms with Gasteiger partial charge in [0.25, 0.3) is 0 Å². The number of aromatic nitrogens is 2. The van der Waals surface area contributed by atoms with Gasteiger partial charge in [0.15, 0.2) is 0 Å². The molecule has 0 saturated carbocycles. The number of rotatable bonds is 5. The van der Waals surface area contributed by atoms with Gasteiger partial charge in [-0.3, -0.25) is 0 Å². The molecule has 2 aromatic rings. The average molecular weight is 283 g/mol. The summed E-state index contributed by atoms with van der Waals surface area (Å²) in [5, 5.41) is 0.146. The van der Waals surface area contributed by atoms with Gasteiger partial charge < -0.3 is 9.30 Å². The van der Waals surface area contributed by atoms with Crippen molar-refractivity contribution in [1.82, 2.24) is 9.55 Å². The molecule has 1 unspecified atom stereocenters. The Morgan fingerprint density at radius 2 is 2.06 bits per heavy atom. The molecular formula is C13H19ClN2OSi. The second kappa shape index (κ2) is 5.43. The third-order valence-corrected chi connectivity index (χ3v) is 7.10. The van der Waals surface area contributed by atoms with Crippen LogP contribution in [-0.4, -0.2) is 29.2 Å². The molecule has 5 heteroatoms. The van der Waals surface area contributed by atoms with Crippen LogP contribution in [0, 0.1) is 0 Å². The molecule has 0 fully saturated rings. The molecule has 0 amide bonds. The zero-order chi connectivity index (χ0) is 13.2. The van der Waals surface area contributed by atoms with Gasteiger partial charge in [0.05, 0.1) is 32.0 Å². The number of fused-ring (bicyclic) bond motifs is 1. The molecule has 98 valence electrons. The van der Waals surface area contributed by atoms with E-state index in [2.05, 4.69) is 24.6 Å². The van der Waals surface area contributed by atoms with Crippen molar-refractivity contribution in [3.05, 3.63) is 30.6 Å². The van der Waals surface area contributed by atoms with Crippen LogP contribution in [-0.2, 0) is 11.5 Å². The molecule has 0 bridgehead atoms. The minimum atomic E-state index is -1.32. The zero-order valence-corrected chi connectivity index (χ0v) is 12.8. The third-order valence-electron chi connectivity index (χ3n) is 2.96. The van der Waals surface area contributed by atoms with Gasteiger partial charge in [0.2, 0.25) is 0 Å². The van der Waals surface area contributed by atoms with Crippen LogP contribution in [0.3, 0.4) is 0 Å². The molecule has 0 aliphatic heterocycles. The van der Waals surface area contributed by atoms with Crippen LogP contribution >= 0.6 is 11.6 Å². The first-order valence-corrected chi connectivity index (χ1v) is 10.1. The van der Waals surface area contributed by atoms with Gasteiger partial charge in [0.1, 0.15) is 6.73 Å². The van der Waals surface area contributed by atoms with E-state index < -0.39 is 8.07 Å². The first kappa shape index (κ1) is 13.6. The molecule has 0 spiro atoms. The maximum Gasteiger partial charge on any atom is 0.124 e. The van der Waals surface area contributed by atoms with Crippen LogP contribution < -0.4 is 0 Å². The predicted octanol–water partition coefficient (Wildman–Crippen LogP) is 3.50. The number of hydrogen-bond acceptors (Lipinski definition) is 2. The first-order chi connectivity index (χ1) is 8.48. The Hall–Kier alpha value is -0.843. The summed E-state index contributed by atoms with van der Waals surface area (Å²) in [7, 11) is -1.32. The molecule has 1 heterocycles. The fourth-order valence-electron chi connectivity index (χ4n) is 1.62. The Labute approximate surface area is 114 Å². The van der Waals surface area contributed by atoms with E-state index in [1.54, 1.807) is 0 Å². The summed E-state index contributed by atoms with van der Waals surface area (Å²) >= 11 is 6.33. The van der Waals surface area contributed by atoms with Gasteiger partial charge in [-0.05, 0) is 12.1 Å². The van der Waals surface area contributed by atoms with E-state index in [1.807, 2.05) is 35.2 Å². The summed E-state index contributed by atoms with van der Waals surface area (Å²) < 4.78 is 7.70. The van der Waals surface area contributed by atoms with Crippen molar-refractivity contribution in [2.24, 2.45) is 0 Å². The summed E-state index contributed by atoms with van der Waals surface area (Å²) in [6.45, 7) is 7.86. The number of nitrogens with zero attached hydrogens (tertiary/aromatic N) is 2. The van der Waals surface area contributed by atoms with Crippen molar-refractivity contribution in [2.75, 3.05) is 6.61 Å². The SMILES string of the molecule is C[Si](C)(C)C(Cl)COCn1cnc2ccccc21. The molecule has 2 rings (SSSR count). The fourth-order valence-corrected chi connectivity index (χ4v) is 2.32. The molecule has 1 aromatic heterocycles. The zero-order valence-electron chi connectivity index (χ0n) is 11.1. The lowest BCUT2D eigenvalue weighted by molar-refractivity contribution is 0.0868. The van der Waals surface area contributed by atoms with Crippen molar-refractivity contribution in [3.63, 3.8) is 0 Å². The Bertz CT molecular complexity index is 521. The standard InChI is InChI=1S/C13H19ClN2OSi/c1-18(2,3)13(14)8-17-10-16-9-15-11-6-4-5-7-12(11)16/h4-7,9,13H,8,10H2,1-3H3. The maximum absolute atomic E-state index is 6.33. The predicted molar refractivity (Wildman–Crippen MR) is 78.7 cm³/mol. The number of ether oxygens (including phenoxy) is 1. The van der Waals surface area contributed by atoms with Gasteiger partial charge in [-0.1, -0.05) is 31.8 Å². The average Bonchev–Trinajstić information content (AvgIpc) is 2.71. The Kier molecular flexibility index (Phi) is 4.09. The lowest BCUT2D eigenvalue weighted by atomic mass is 10.3. The molecule has 0 radical (unpaired) electrons. The highest BCUT2D eigenvalue weighted by molar-refractivity contribution is 6.83. The van der Waals surface area contributed by atoms with E-state index in [-0.39, 0.29) is 5.00 Å². The second-order valence-corrected chi connectivity index (χ2v) is 11.9. The van der Waals surface area contributed by atoms with Crippen LogP contribution in [0.1, 0.15) is 0 Å². The van der Waals surface area contributed by atoms with Crippen molar-refractivity contribution in [2.45, 2.75) is 31.4 Å². The molecule has 0 aliphatic carbocycles. The minimum Gasteiger partial charge on any atom is -0.360 e. The number of benzene rings is 1. The molecule has 0 N–H and O–H groups in total. The lowest BCUT2D eigenvalue weighted by Crippen LogP contribution is -2.37. The largest absolute Gasteiger partial charge is 0.360 e. The molecule has 3 nitrogen and oxygen atoms in total. The van der Waals surface area contributed by atoms with E-state index in [4.69, 9.17) is 16.3 Å². The highest BCUT2D eigenvalue weighted by Crippen LogP contribution is 2.15. The maximum atomic E-state index is 6.33. The van der Waals surface area contributed by atoms with Crippen molar-refractivity contribution in [1.29, 1.82) is 0 Å². The second-order valence-electron chi connectivity index (χ2n) is 5.54. The van der Waals surface area contributed by atoms with E-state index in [9.17, 15) is 0 Å². The van der Waals surface area contributed by atoms with Gasteiger partial charge in [-0.25, -0.2) is 4.98 Å². The van der Waals surface area contributed by atoms with Gasteiger partial charge in [-0.15, -0.1) is 11.6 Å². The van der Waals surface area contributed by atoms with Crippen LogP contribution in [0.4, 0.5) is 0 Å². The monoisotopic (exact) mass is 282 g/mol. The molecule has 0 saturated heterocycles. The summed E-state index contributed by atoms with van der Waals surface area (Å²) in [5.41, 5.74) is 2.09. The van der Waals surface area contributed by atoms with Crippen LogP contribution in [0.25, 0.3) is 11.0 Å². The van der Waals surface area contributed by atoms with Crippen LogP contribution in [0.2, 0.25) is 19.6 Å². The summed E-state index contributed by atoms with van der Waals surface area (Å²) in [5.74, 6) is 0. The molecular weight excluding hydrogens is 264 g/mol. The third kappa shape index (κ3) is 3.13. The van der Waals surface area contributed by atoms with E-state index in [1.165, 1.54) is 0 Å². The Balaban J connectivity index is 1.95. The normalized spacial score (nSPS) is 14.0. The van der Waals surface area contributed by atoms with Crippen molar-refractivity contribution < 1.29 is 4.74 Å². The van der Waals surface area contributed by atoms with Crippen LogP contribution in [0.15, 0.2) is 30.6 Å². The number of imidazole rings is 1. The quantitative estimate of drug-likeness (QED) is 0.620. The van der Waals surface area contributed by atoms with E-state index in [0.29, 0.717) is 13.3 Å². The van der Waals surface area contributed by atoms with Crippen LogP contribution in [0.5, 0.6) is 0 Å². The Morgan fingerprint density at radius 3 is 2.78 bits per heavy atom.